The van der Waals surface area contributed by atoms with Crippen molar-refractivity contribution in [2.24, 2.45) is 10.7 Å². The lowest BCUT2D eigenvalue weighted by Gasteiger charge is -2.25. The number of anilines is 1. The zero-order chi connectivity index (χ0) is 41.4. The smallest absolute Gasteiger partial charge is 0.408 e. The third kappa shape index (κ3) is 13.4. The Bertz CT molecular complexity index is 2030. The van der Waals surface area contributed by atoms with Crippen LogP contribution in [-0.4, -0.2) is 117 Å². The quantitative estimate of drug-likeness (QED) is 0.0564. The number of aliphatic carboxylic acids is 1. The number of aromatic nitrogens is 3. The van der Waals surface area contributed by atoms with E-state index in [1.807, 2.05) is 49.3 Å². The van der Waals surface area contributed by atoms with Gasteiger partial charge in [-0.15, -0.1) is 23.1 Å². The van der Waals surface area contributed by atoms with Gasteiger partial charge in [0.25, 0.3) is 0 Å². The summed E-state index contributed by atoms with van der Waals surface area (Å²) in [4.78, 5) is 84.1. The predicted molar refractivity (Wildman–Crippen MR) is 224 cm³/mol. The topological polar surface area (TPSA) is 246 Å². The van der Waals surface area contributed by atoms with Gasteiger partial charge in [0.05, 0.1) is 22.2 Å². The maximum atomic E-state index is 14.1. The highest BCUT2D eigenvalue weighted by molar-refractivity contribution is 8.15. The van der Waals surface area contributed by atoms with Crippen molar-refractivity contribution < 1.29 is 33.8 Å². The summed E-state index contributed by atoms with van der Waals surface area (Å²) in [6.45, 7) is 1.17. The number of imidazole rings is 1. The first-order chi connectivity index (χ1) is 28.0. The number of nitrogens with one attached hydrogen (secondary N) is 5. The Morgan fingerprint density at radius 2 is 1.67 bits per heavy atom. The van der Waals surface area contributed by atoms with E-state index in [0.717, 1.165) is 23.2 Å². The third-order valence-electron chi connectivity index (χ3n) is 9.13. The molecule has 8 N–H and O–H groups in total. The fourth-order valence-electron chi connectivity index (χ4n) is 6.02. The molecule has 4 atom stereocenters. The van der Waals surface area contributed by atoms with Crippen molar-refractivity contribution in [2.45, 2.75) is 75.7 Å². The van der Waals surface area contributed by atoms with E-state index in [0.29, 0.717) is 64.9 Å². The average Bonchev–Trinajstić information content (AvgIpc) is 4.00. The molecule has 0 bridgehead atoms. The Kier molecular flexibility index (Phi) is 16.6. The molecule has 2 aromatic heterocycles. The lowest BCUT2D eigenvalue weighted by atomic mass is 10.0. The van der Waals surface area contributed by atoms with Gasteiger partial charge in [0.1, 0.15) is 34.8 Å². The number of hydrogen-bond acceptors (Lipinski definition) is 13. The van der Waals surface area contributed by atoms with Crippen molar-refractivity contribution in [2.75, 3.05) is 38.3 Å². The Hall–Kier alpha value is -5.37. The molecule has 0 spiro atoms. The lowest BCUT2D eigenvalue weighted by Crippen LogP contribution is -2.56. The average molecular weight is 835 g/mol. The van der Waals surface area contributed by atoms with Crippen LogP contribution in [0.5, 0.6) is 0 Å². The van der Waals surface area contributed by atoms with Gasteiger partial charge in [-0.25, -0.2) is 19.6 Å². The number of carboxylic acid groups (broad SMARTS) is 1. The molecular weight excluding hydrogens is 785 g/mol. The third-order valence-corrected chi connectivity index (χ3v) is 11.3. The van der Waals surface area contributed by atoms with Gasteiger partial charge in [-0.2, -0.15) is 0 Å². The molecule has 0 unspecified atom stereocenters. The van der Waals surface area contributed by atoms with E-state index in [1.54, 1.807) is 24.4 Å². The number of thiazole rings is 1. The van der Waals surface area contributed by atoms with Crippen molar-refractivity contribution in [1.29, 1.82) is 0 Å². The van der Waals surface area contributed by atoms with E-state index in [1.165, 1.54) is 29.4 Å². The van der Waals surface area contributed by atoms with E-state index in [-0.39, 0.29) is 19.4 Å². The minimum Gasteiger partial charge on any atom is -0.480 e. The van der Waals surface area contributed by atoms with Crippen LogP contribution in [0.2, 0.25) is 0 Å². The highest BCUT2D eigenvalue weighted by atomic mass is 32.2. The van der Waals surface area contributed by atoms with Crippen molar-refractivity contribution in [3.8, 4) is 0 Å². The van der Waals surface area contributed by atoms with Gasteiger partial charge in [0, 0.05) is 24.1 Å². The molecule has 0 saturated heterocycles. The number of carbonyl (C=O) groups excluding carboxylic acids is 4. The second kappa shape index (κ2) is 22.0. The Labute approximate surface area is 344 Å². The monoisotopic (exact) mass is 834 g/mol. The molecule has 0 radical (unpaired) electrons. The van der Waals surface area contributed by atoms with Crippen LogP contribution in [0.15, 0.2) is 66.0 Å². The molecule has 3 heterocycles. The standard InChI is InChI=1S/C39H50N10O7S2/c1-49(2)17-9-7-13-29(45-35(52)30(18-26-20-41-23-42-26)48-39(55)56-21-24-10-4-3-5-11-24)34(51)44-28(12-6-8-16-40)33(50)43-25-14-15-27-32(19-25)58-37(46-27)36-47-31(22-57-36)38(53)54/h3-5,10-11,14-15,19-20,23,28-31H,6-9,12-13,16-18,21-22,40H2,1-2H3,(H,41,42)(H,43,50)(H,44,51)(H,45,52)(H,48,55)(H,53,54)/t28-,29-,30-,31+/m0/s1. The first kappa shape index (κ1) is 43.7. The number of nitrogens with two attached hydrogens (primary N) is 1. The number of hydrogen-bond donors (Lipinski definition) is 7. The van der Waals surface area contributed by atoms with Crippen LogP contribution in [0.25, 0.3) is 10.2 Å². The van der Waals surface area contributed by atoms with Gasteiger partial charge >= 0.3 is 12.1 Å². The number of amides is 4. The molecule has 310 valence electrons. The van der Waals surface area contributed by atoms with Gasteiger partial charge < -0.3 is 46.7 Å². The number of benzene rings is 2. The van der Waals surface area contributed by atoms with Crippen LogP contribution in [0.3, 0.4) is 0 Å². The maximum absolute atomic E-state index is 14.1. The zero-order valence-corrected chi connectivity index (χ0v) is 34.1. The first-order valence-corrected chi connectivity index (χ1v) is 20.8. The molecule has 0 fully saturated rings. The van der Waals surface area contributed by atoms with Gasteiger partial charge in [0.2, 0.25) is 17.7 Å². The Morgan fingerprint density at radius 3 is 2.34 bits per heavy atom. The summed E-state index contributed by atoms with van der Waals surface area (Å²) in [6, 6.07) is 10.4. The number of unbranched alkanes of at least 4 members (excludes halogenated alkanes) is 2. The van der Waals surface area contributed by atoms with Gasteiger partial charge in [-0.1, -0.05) is 30.3 Å². The molecule has 4 amide bonds. The maximum Gasteiger partial charge on any atom is 0.408 e. The van der Waals surface area contributed by atoms with Gasteiger partial charge in [-0.05, 0) is 89.5 Å². The van der Waals surface area contributed by atoms with Crippen molar-refractivity contribution in [3.05, 3.63) is 77.3 Å². The molecule has 4 aromatic rings. The molecule has 1 aliphatic rings. The second-order valence-corrected chi connectivity index (χ2v) is 16.1. The summed E-state index contributed by atoms with van der Waals surface area (Å²) in [5, 5.41) is 21.8. The highest BCUT2D eigenvalue weighted by Crippen LogP contribution is 2.31. The van der Waals surface area contributed by atoms with E-state index in [2.05, 4.69) is 41.2 Å². The number of carbonyl (C=O) groups is 5. The summed E-state index contributed by atoms with van der Waals surface area (Å²) in [7, 11) is 3.90. The molecule has 1 aliphatic heterocycles. The molecule has 19 heteroatoms. The van der Waals surface area contributed by atoms with Gasteiger partial charge in [0.15, 0.2) is 6.04 Å². The Balaban J connectivity index is 1.29. The molecule has 17 nitrogen and oxygen atoms in total. The molecule has 5 rings (SSSR count). The molecule has 0 aliphatic carbocycles. The van der Waals surface area contributed by atoms with E-state index < -0.39 is 54.0 Å². The van der Waals surface area contributed by atoms with Crippen LogP contribution >= 0.6 is 23.1 Å². The molecule has 58 heavy (non-hydrogen) atoms. The van der Waals surface area contributed by atoms with E-state index in [4.69, 9.17) is 10.5 Å². The van der Waals surface area contributed by atoms with E-state index >= 15 is 0 Å². The minimum absolute atomic E-state index is 0.00304. The Morgan fingerprint density at radius 1 is 0.948 bits per heavy atom. The van der Waals surface area contributed by atoms with Crippen molar-refractivity contribution in [1.82, 2.24) is 35.8 Å². The number of rotatable bonds is 22. The normalized spacial score (nSPS) is 15.3. The fourth-order valence-corrected chi connectivity index (χ4v) is 8.12. The van der Waals surface area contributed by atoms with Gasteiger partial charge in [-0.3, -0.25) is 19.4 Å². The number of alkyl carbamates (subject to hydrolysis) is 1. The van der Waals surface area contributed by atoms with Crippen LogP contribution in [0.1, 0.15) is 54.8 Å². The summed E-state index contributed by atoms with van der Waals surface area (Å²) < 4.78 is 6.16. The summed E-state index contributed by atoms with van der Waals surface area (Å²) in [5.41, 5.74) is 8.20. The number of H-pyrrole nitrogens is 1. The van der Waals surface area contributed by atoms with Crippen LogP contribution < -0.4 is 27.0 Å². The second-order valence-electron chi connectivity index (χ2n) is 14.0. The SMILES string of the molecule is CN(C)CCCC[C@H](NC(=O)[C@H](Cc1c[nH]cn1)NC(=O)OCc1ccccc1)C(=O)N[C@@H](CCCCN)C(=O)Nc1ccc2nc(C3=N[C@@H](C(=O)O)CS3)sc2c1. The van der Waals surface area contributed by atoms with E-state index in [9.17, 15) is 29.1 Å². The number of carboxylic acids is 1. The fraction of sp³-hybridized carbons (Fsp3) is 0.436. The number of aliphatic imine (C=N–C) groups is 1. The minimum atomic E-state index is -1.13. The molecular formula is C39H50N10O7S2. The summed E-state index contributed by atoms with van der Waals surface area (Å²) in [6.07, 6.45) is 5.39. The number of fused-ring (bicyclic) bond motifs is 1. The number of ether oxygens (including phenoxy) is 1. The first-order valence-electron chi connectivity index (χ1n) is 19.0. The zero-order valence-electron chi connectivity index (χ0n) is 32.4. The lowest BCUT2D eigenvalue weighted by molar-refractivity contribution is -0.137. The highest BCUT2D eigenvalue weighted by Gasteiger charge is 2.31. The van der Waals surface area contributed by atoms with Crippen molar-refractivity contribution >= 4 is 73.8 Å². The van der Waals surface area contributed by atoms with Crippen LogP contribution in [-0.2, 0) is 36.9 Å². The number of aromatic amines is 1. The van der Waals surface area contributed by atoms with Crippen LogP contribution in [0, 0.1) is 0 Å². The molecule has 0 saturated carbocycles. The number of nitrogens with zero attached hydrogens (tertiary/aromatic N) is 4. The molecule has 2 aromatic carbocycles. The summed E-state index contributed by atoms with van der Waals surface area (Å²) in [5.74, 6) is -2.26. The van der Waals surface area contributed by atoms with Crippen molar-refractivity contribution in [3.63, 3.8) is 0 Å². The van der Waals surface area contributed by atoms with Crippen LogP contribution in [0.4, 0.5) is 10.5 Å². The predicted octanol–water partition coefficient (Wildman–Crippen LogP) is 3.27. The summed E-state index contributed by atoms with van der Waals surface area (Å²) >= 11 is 2.68. The largest absolute Gasteiger partial charge is 0.480 e. The number of thioether (sulfide) groups is 1.